The Balaban J connectivity index is 2.03. The highest BCUT2D eigenvalue weighted by Gasteiger charge is 2.29. The summed E-state index contributed by atoms with van der Waals surface area (Å²) in [6.45, 7) is 4.69. The molecule has 1 aliphatic carbocycles. The van der Waals surface area contributed by atoms with Crippen LogP contribution in [0.25, 0.3) is 0 Å². The largest absolute Gasteiger partial charge is 0.382 e. The van der Waals surface area contributed by atoms with E-state index in [0.29, 0.717) is 6.04 Å². The molecule has 0 amide bonds. The van der Waals surface area contributed by atoms with Crippen molar-refractivity contribution >= 4 is 11.5 Å². The molecule has 0 saturated heterocycles. The number of nitrogens with zero attached hydrogens (tertiary/aromatic N) is 1. The van der Waals surface area contributed by atoms with Gasteiger partial charge in [-0.15, -0.1) is 0 Å². The summed E-state index contributed by atoms with van der Waals surface area (Å²) in [4.78, 5) is 4.22. The molecule has 0 bridgehead atoms. The molecule has 2 N–H and O–H groups in total. The lowest BCUT2D eigenvalue weighted by molar-refractivity contribution is 0.435. The zero-order chi connectivity index (χ0) is 11.5. The topological polar surface area (TPSA) is 37.0 Å². The smallest absolute Gasteiger partial charge is 0.127 e. The minimum absolute atomic E-state index is 0.613. The molecule has 1 fully saturated rings. The first-order valence-electron chi connectivity index (χ1n) is 6.11. The molecule has 1 heterocycles. The predicted molar refractivity (Wildman–Crippen MR) is 68.8 cm³/mol. The molecule has 0 spiro atoms. The summed E-state index contributed by atoms with van der Waals surface area (Å²) in [5, 5.41) is 6.68. The van der Waals surface area contributed by atoms with E-state index >= 15 is 0 Å². The van der Waals surface area contributed by atoms with Gasteiger partial charge in [-0.05, 0) is 30.7 Å². The van der Waals surface area contributed by atoms with Crippen LogP contribution in [0, 0.1) is 11.8 Å². The fourth-order valence-corrected chi connectivity index (χ4v) is 2.44. The van der Waals surface area contributed by atoms with Crippen LogP contribution >= 0.6 is 0 Å². The summed E-state index contributed by atoms with van der Waals surface area (Å²) in [5.74, 6) is 2.51. The molecule has 1 saturated carbocycles. The maximum absolute atomic E-state index is 4.22. The number of aromatic nitrogens is 1. The Hall–Kier alpha value is -1.25. The van der Waals surface area contributed by atoms with Crippen molar-refractivity contribution in [3.63, 3.8) is 0 Å². The molecule has 0 aromatic carbocycles. The van der Waals surface area contributed by atoms with Gasteiger partial charge >= 0.3 is 0 Å². The second-order valence-electron chi connectivity index (χ2n) is 4.84. The van der Waals surface area contributed by atoms with Crippen molar-refractivity contribution < 1.29 is 0 Å². The average Bonchev–Trinajstić information content (AvgIpc) is 2.61. The van der Waals surface area contributed by atoms with Crippen LogP contribution in [0.3, 0.4) is 0 Å². The number of rotatable bonds is 3. The maximum atomic E-state index is 4.22. The Bertz CT molecular complexity index is 351. The van der Waals surface area contributed by atoms with E-state index in [-0.39, 0.29) is 0 Å². The van der Waals surface area contributed by atoms with Crippen molar-refractivity contribution in [2.75, 3.05) is 17.7 Å². The molecule has 0 aliphatic heterocycles. The van der Waals surface area contributed by atoms with Gasteiger partial charge in [-0.1, -0.05) is 13.8 Å². The van der Waals surface area contributed by atoms with Crippen LogP contribution in [0.5, 0.6) is 0 Å². The van der Waals surface area contributed by atoms with Gasteiger partial charge in [-0.25, -0.2) is 4.98 Å². The van der Waals surface area contributed by atoms with Crippen LogP contribution in [-0.2, 0) is 0 Å². The second kappa shape index (κ2) is 4.73. The summed E-state index contributed by atoms with van der Waals surface area (Å²) in [6.07, 6.45) is 4.46. The minimum Gasteiger partial charge on any atom is -0.382 e. The Morgan fingerprint density at radius 1 is 1.31 bits per heavy atom. The lowest BCUT2D eigenvalue weighted by atomic mass is 9.98. The van der Waals surface area contributed by atoms with Crippen molar-refractivity contribution in [2.45, 2.75) is 32.7 Å². The summed E-state index contributed by atoms with van der Waals surface area (Å²) in [5.41, 5.74) is 1.17. The fraction of sp³-hybridized carbons (Fsp3) is 0.615. The Kier molecular flexibility index (Phi) is 3.32. The Morgan fingerprint density at radius 3 is 2.75 bits per heavy atom. The lowest BCUT2D eigenvalue weighted by Crippen LogP contribution is -2.24. The summed E-state index contributed by atoms with van der Waals surface area (Å²) in [6, 6.07) is 4.72. The highest BCUT2D eigenvalue weighted by molar-refractivity contribution is 5.52. The molecule has 3 unspecified atom stereocenters. The van der Waals surface area contributed by atoms with Crippen molar-refractivity contribution in [3.05, 3.63) is 18.3 Å². The minimum atomic E-state index is 0.613. The number of pyridine rings is 1. The maximum Gasteiger partial charge on any atom is 0.127 e. The van der Waals surface area contributed by atoms with E-state index in [1.807, 2.05) is 19.3 Å². The highest BCUT2D eigenvalue weighted by atomic mass is 15.0. The molecule has 88 valence electrons. The summed E-state index contributed by atoms with van der Waals surface area (Å²) >= 11 is 0. The van der Waals surface area contributed by atoms with Crippen molar-refractivity contribution in [1.82, 2.24) is 4.98 Å². The van der Waals surface area contributed by atoms with E-state index in [4.69, 9.17) is 0 Å². The highest BCUT2D eigenvalue weighted by Crippen LogP contribution is 2.33. The van der Waals surface area contributed by atoms with E-state index in [1.54, 1.807) is 0 Å². The number of hydrogen-bond donors (Lipinski definition) is 2. The van der Waals surface area contributed by atoms with E-state index in [2.05, 4.69) is 35.5 Å². The van der Waals surface area contributed by atoms with Gasteiger partial charge in [0.2, 0.25) is 0 Å². The van der Waals surface area contributed by atoms with Gasteiger partial charge < -0.3 is 10.6 Å². The van der Waals surface area contributed by atoms with Gasteiger partial charge in [0.1, 0.15) is 5.82 Å². The quantitative estimate of drug-likeness (QED) is 0.820. The second-order valence-corrected chi connectivity index (χ2v) is 4.84. The van der Waals surface area contributed by atoms with Crippen molar-refractivity contribution in [3.8, 4) is 0 Å². The number of nitrogens with one attached hydrogen (secondary N) is 2. The number of anilines is 2. The van der Waals surface area contributed by atoms with E-state index in [1.165, 1.54) is 18.5 Å². The van der Waals surface area contributed by atoms with Gasteiger partial charge in [-0.3, -0.25) is 0 Å². The van der Waals surface area contributed by atoms with Gasteiger partial charge in [0.05, 0.1) is 0 Å². The molecule has 1 aromatic rings. The standard InChI is InChI=1S/C13H21N3/c1-9-4-5-12(10(9)2)16-11-6-7-15-13(8-11)14-3/h6-10,12H,4-5H2,1-3H3,(H2,14,15,16). The SMILES string of the molecule is CNc1cc(NC2CCC(C)C2C)ccn1. The van der Waals surface area contributed by atoms with E-state index in [9.17, 15) is 0 Å². The van der Waals surface area contributed by atoms with Gasteiger partial charge in [-0.2, -0.15) is 0 Å². The summed E-state index contributed by atoms with van der Waals surface area (Å²) < 4.78 is 0. The van der Waals surface area contributed by atoms with Crippen molar-refractivity contribution in [1.29, 1.82) is 0 Å². The molecule has 1 aliphatic rings. The van der Waals surface area contributed by atoms with Crippen LogP contribution in [0.1, 0.15) is 26.7 Å². The average molecular weight is 219 g/mol. The van der Waals surface area contributed by atoms with Crippen molar-refractivity contribution in [2.24, 2.45) is 11.8 Å². The molecule has 3 nitrogen and oxygen atoms in total. The zero-order valence-electron chi connectivity index (χ0n) is 10.3. The number of hydrogen-bond acceptors (Lipinski definition) is 3. The molecule has 0 radical (unpaired) electrons. The first-order chi connectivity index (χ1) is 7.70. The predicted octanol–water partition coefficient (Wildman–Crippen LogP) is 2.97. The van der Waals surface area contributed by atoms with E-state index < -0.39 is 0 Å². The normalized spacial score (nSPS) is 29.1. The molecule has 16 heavy (non-hydrogen) atoms. The third-order valence-corrected chi connectivity index (χ3v) is 3.83. The molecular weight excluding hydrogens is 198 g/mol. The molecule has 3 atom stereocenters. The molecule has 1 aromatic heterocycles. The van der Waals surface area contributed by atoms with Gasteiger partial charge in [0, 0.05) is 31.0 Å². The third kappa shape index (κ3) is 2.29. The van der Waals surface area contributed by atoms with Gasteiger partial charge in [0.15, 0.2) is 0 Å². The first-order valence-corrected chi connectivity index (χ1v) is 6.11. The fourth-order valence-electron chi connectivity index (χ4n) is 2.44. The first kappa shape index (κ1) is 11.2. The van der Waals surface area contributed by atoms with Crippen LogP contribution < -0.4 is 10.6 Å². The van der Waals surface area contributed by atoms with E-state index in [0.717, 1.165) is 17.7 Å². The molecule has 2 rings (SSSR count). The van der Waals surface area contributed by atoms with Crippen LogP contribution in [-0.4, -0.2) is 18.1 Å². The Labute approximate surface area is 97.7 Å². The zero-order valence-corrected chi connectivity index (χ0v) is 10.3. The third-order valence-electron chi connectivity index (χ3n) is 3.83. The van der Waals surface area contributed by atoms with Crippen LogP contribution in [0.2, 0.25) is 0 Å². The van der Waals surface area contributed by atoms with Crippen LogP contribution in [0.15, 0.2) is 18.3 Å². The molecule has 3 heteroatoms. The molecular formula is C13H21N3. The lowest BCUT2D eigenvalue weighted by Gasteiger charge is -2.21. The van der Waals surface area contributed by atoms with Gasteiger partial charge in [0.25, 0.3) is 0 Å². The monoisotopic (exact) mass is 219 g/mol. The Morgan fingerprint density at radius 2 is 2.12 bits per heavy atom. The van der Waals surface area contributed by atoms with Crippen LogP contribution in [0.4, 0.5) is 11.5 Å². The summed E-state index contributed by atoms with van der Waals surface area (Å²) in [7, 11) is 1.90.